The topological polar surface area (TPSA) is 93.0 Å². The Morgan fingerprint density at radius 1 is 1.07 bits per heavy atom. The Kier molecular flexibility index (Phi) is 7.03. The third-order valence-electron chi connectivity index (χ3n) is 4.79. The number of thioether (sulfide) groups is 2. The van der Waals surface area contributed by atoms with Crippen LogP contribution in [0.2, 0.25) is 0 Å². The number of thiocarbonyl (C=S) groups is 1. The average molecular weight is 448 g/mol. The molecular weight excluding hydrogens is 416 g/mol. The molecule has 9 heteroatoms. The highest BCUT2D eigenvalue weighted by atomic mass is 32.2. The Hall–Kier alpha value is -0.550. The van der Waals surface area contributed by atoms with Crippen LogP contribution in [0.1, 0.15) is 58.2 Å². The second-order valence-corrected chi connectivity index (χ2v) is 12.2. The third kappa shape index (κ3) is 4.61. The maximum Gasteiger partial charge on any atom is 0.257 e. The van der Waals surface area contributed by atoms with Crippen LogP contribution in [0.25, 0.3) is 0 Å². The average Bonchev–Trinajstić information content (AvgIpc) is 2.85. The zero-order valence-corrected chi connectivity index (χ0v) is 19.7. The van der Waals surface area contributed by atoms with Crippen LogP contribution in [0.5, 0.6) is 11.5 Å². The van der Waals surface area contributed by atoms with Crippen molar-refractivity contribution in [2.75, 3.05) is 12.7 Å². The first-order valence-electron chi connectivity index (χ1n) is 9.05. The normalized spacial score (nSPS) is 23.4. The lowest BCUT2D eigenvalue weighted by Crippen LogP contribution is -2.56. The van der Waals surface area contributed by atoms with E-state index in [4.69, 9.17) is 12.2 Å². The molecule has 0 aromatic heterocycles. The molecule has 1 aromatic carbocycles. The van der Waals surface area contributed by atoms with Crippen molar-refractivity contribution in [2.45, 2.75) is 63.6 Å². The molecule has 0 saturated carbocycles. The zero-order chi connectivity index (χ0) is 21.5. The Bertz CT molecular complexity index is 721. The van der Waals surface area contributed by atoms with Crippen LogP contribution in [0.3, 0.4) is 0 Å². The minimum atomic E-state index is -0.336. The van der Waals surface area contributed by atoms with Crippen LogP contribution in [0.4, 0.5) is 0 Å². The molecule has 1 aliphatic rings. The van der Waals surface area contributed by atoms with Crippen molar-refractivity contribution in [2.24, 2.45) is 0 Å². The summed E-state index contributed by atoms with van der Waals surface area (Å²) in [6, 6.07) is 1.87. The highest BCUT2D eigenvalue weighted by molar-refractivity contribution is 8.30. The van der Waals surface area contributed by atoms with Crippen LogP contribution in [-0.2, 0) is 17.4 Å². The van der Waals surface area contributed by atoms with Gasteiger partial charge < -0.3 is 20.4 Å². The lowest BCUT2D eigenvalue weighted by molar-refractivity contribution is -0.909. The third-order valence-corrected chi connectivity index (χ3v) is 7.55. The van der Waals surface area contributed by atoms with Gasteiger partial charge in [-0.25, -0.2) is 0 Å². The van der Waals surface area contributed by atoms with Gasteiger partial charge in [0.25, 0.3) is 4.32 Å². The number of hydrogen-bond acceptors (Lipinski definition) is 8. The maximum absolute atomic E-state index is 11.0. The number of benzene rings is 1. The predicted octanol–water partition coefficient (Wildman–Crippen LogP) is 3.46. The lowest BCUT2D eigenvalue weighted by Gasteiger charge is -2.33. The zero-order valence-electron chi connectivity index (χ0n) is 17.2. The fourth-order valence-corrected chi connectivity index (χ4v) is 5.75. The molecule has 0 aliphatic carbocycles. The summed E-state index contributed by atoms with van der Waals surface area (Å²) >= 11 is 8.10. The summed E-state index contributed by atoms with van der Waals surface area (Å²) < 4.78 is 0.100. The van der Waals surface area contributed by atoms with Gasteiger partial charge >= 0.3 is 0 Å². The summed E-state index contributed by atoms with van der Waals surface area (Å²) in [7, 11) is 0. The number of rotatable bonds is 5. The smallest absolute Gasteiger partial charge is 0.257 e. The van der Waals surface area contributed by atoms with Gasteiger partial charge in [0, 0.05) is 11.1 Å². The van der Waals surface area contributed by atoms with E-state index in [1.165, 1.54) is 23.5 Å². The largest absolute Gasteiger partial charge is 0.507 e. The highest BCUT2D eigenvalue weighted by Gasteiger charge is 2.46. The molecule has 0 amide bonds. The van der Waals surface area contributed by atoms with E-state index in [0.29, 0.717) is 9.88 Å². The Morgan fingerprint density at radius 2 is 1.57 bits per heavy atom. The first-order valence-corrected chi connectivity index (χ1v) is 11.4. The number of aliphatic hydroxyl groups is 2. The van der Waals surface area contributed by atoms with Crippen molar-refractivity contribution in [1.29, 1.82) is 0 Å². The molecule has 0 spiro atoms. The molecule has 1 saturated heterocycles. The number of aliphatic hydroxyl groups excluding tert-OH is 2. The number of aromatic hydroxyl groups is 2. The van der Waals surface area contributed by atoms with Crippen LogP contribution in [0, 0.1) is 0 Å². The number of phenolic OH excluding ortho intramolecular Hbond substituents is 2. The van der Waals surface area contributed by atoms with Crippen LogP contribution >= 0.6 is 35.7 Å². The van der Waals surface area contributed by atoms with Gasteiger partial charge in [-0.3, -0.25) is 0 Å². The minimum absolute atomic E-state index is 0.0248. The molecule has 0 radical (unpaired) electrons. The van der Waals surface area contributed by atoms with Crippen molar-refractivity contribution in [3.8, 4) is 11.5 Å². The van der Waals surface area contributed by atoms with Gasteiger partial charge in [-0.1, -0.05) is 53.3 Å². The number of quaternary nitrogens is 1. The molecule has 1 aromatic rings. The number of nitrogens with zero attached hydrogens (tertiary/aromatic N) is 1. The summed E-state index contributed by atoms with van der Waals surface area (Å²) in [5, 5.41) is 41.4. The molecule has 0 bridgehead atoms. The quantitative estimate of drug-likeness (QED) is 0.266. The van der Waals surface area contributed by atoms with E-state index in [-0.39, 0.29) is 50.8 Å². The van der Waals surface area contributed by atoms with E-state index in [2.05, 4.69) is 5.43 Å². The van der Waals surface area contributed by atoms with Crippen molar-refractivity contribution in [1.82, 2.24) is 5.43 Å². The summed E-state index contributed by atoms with van der Waals surface area (Å²) in [4.78, 5) is 0. The first-order chi connectivity index (χ1) is 12.8. The van der Waals surface area contributed by atoms with Gasteiger partial charge in [-0.2, -0.15) is 4.59 Å². The van der Waals surface area contributed by atoms with Gasteiger partial charge in [-0.05, 0) is 40.9 Å². The SMILES string of the molecule is CC(C)(C)c1cc(C(C)(C)C)c(O)c(C[N+]2(CO)NC(SCO)SC2=S)c1O. The molecule has 2 rings (SSSR count). The highest BCUT2D eigenvalue weighted by Crippen LogP contribution is 2.46. The first kappa shape index (κ1) is 23.7. The van der Waals surface area contributed by atoms with E-state index in [0.717, 1.165) is 11.1 Å². The number of phenols is 2. The van der Waals surface area contributed by atoms with E-state index < -0.39 is 0 Å². The fraction of sp³-hybridized carbons (Fsp3) is 0.632. The van der Waals surface area contributed by atoms with Gasteiger partial charge in [0.15, 0.2) is 4.71 Å². The van der Waals surface area contributed by atoms with Gasteiger partial charge in [-0.15, -0.1) is 5.43 Å². The van der Waals surface area contributed by atoms with Crippen LogP contribution in [0.15, 0.2) is 6.07 Å². The summed E-state index contributed by atoms with van der Waals surface area (Å²) in [6.07, 6.45) is 0. The van der Waals surface area contributed by atoms with E-state index in [1.54, 1.807) is 0 Å². The lowest BCUT2D eigenvalue weighted by atomic mass is 9.78. The van der Waals surface area contributed by atoms with Gasteiger partial charge in [0.05, 0.1) is 11.5 Å². The van der Waals surface area contributed by atoms with Crippen LogP contribution < -0.4 is 5.43 Å². The molecule has 158 valence electrons. The molecule has 1 heterocycles. The molecule has 2 atom stereocenters. The van der Waals surface area contributed by atoms with Crippen LogP contribution in [-0.4, -0.2) is 46.7 Å². The molecule has 5 N–H and O–H groups in total. The molecule has 2 unspecified atom stereocenters. The Morgan fingerprint density at radius 3 is 1.96 bits per heavy atom. The fourth-order valence-electron chi connectivity index (χ4n) is 3.15. The molecule has 6 nitrogen and oxygen atoms in total. The Labute approximate surface area is 180 Å². The summed E-state index contributed by atoms with van der Waals surface area (Å²) in [6.45, 7) is 11.8. The van der Waals surface area contributed by atoms with Crippen molar-refractivity contribution in [3.63, 3.8) is 0 Å². The second kappa shape index (κ2) is 8.29. The minimum Gasteiger partial charge on any atom is -0.507 e. The molecule has 1 fully saturated rings. The standard InChI is InChI=1S/C19H30N2O4S3/c1-18(2,3)12-7-13(19(4,5)6)15(25)11(14(12)24)8-21(9-22)17(26)28-16(20-21)27-10-23/h7,16,20,22-23H,8-10H2,1-6H3,(H-,24,25)/p+1. The van der Waals surface area contributed by atoms with Gasteiger partial charge in [0.2, 0.25) is 6.73 Å². The van der Waals surface area contributed by atoms with E-state index in [1.807, 2.05) is 47.6 Å². The van der Waals surface area contributed by atoms with E-state index >= 15 is 0 Å². The molecule has 1 aliphatic heterocycles. The van der Waals surface area contributed by atoms with E-state index in [9.17, 15) is 20.4 Å². The van der Waals surface area contributed by atoms with Crippen molar-refractivity contribution < 1.29 is 25.0 Å². The molecular formula is C19H31N2O4S3+. The molecule has 28 heavy (non-hydrogen) atoms. The van der Waals surface area contributed by atoms with Crippen molar-refractivity contribution in [3.05, 3.63) is 22.8 Å². The predicted molar refractivity (Wildman–Crippen MR) is 120 cm³/mol. The number of hydrogen-bond donors (Lipinski definition) is 5. The van der Waals surface area contributed by atoms with Gasteiger partial charge in [0.1, 0.15) is 18.0 Å². The van der Waals surface area contributed by atoms with Crippen molar-refractivity contribution >= 4 is 40.1 Å². The maximum atomic E-state index is 11.0. The summed E-state index contributed by atoms with van der Waals surface area (Å²) in [5.74, 6) is -0.0308. The number of nitrogens with one attached hydrogen (secondary N) is 1. The summed E-state index contributed by atoms with van der Waals surface area (Å²) in [5.41, 5.74) is 4.38. The second-order valence-electron chi connectivity index (χ2n) is 9.06. The Balaban J connectivity index is 2.62. The monoisotopic (exact) mass is 447 g/mol.